The molecule has 0 atom stereocenters. The van der Waals surface area contributed by atoms with Crippen molar-refractivity contribution in [1.82, 2.24) is 15.3 Å². The topological polar surface area (TPSA) is 61.4 Å². The number of carbonyl (C=O) groups excluding carboxylic acids is 1. The highest BCUT2D eigenvalue weighted by Crippen LogP contribution is 2.21. The van der Waals surface area contributed by atoms with E-state index in [1.165, 1.54) is 30.5 Å². The number of benzene rings is 1. The molecule has 1 N–H and O–H groups in total. The lowest BCUT2D eigenvalue weighted by molar-refractivity contribution is 0.0922. The van der Waals surface area contributed by atoms with E-state index < -0.39 is 0 Å². The van der Waals surface area contributed by atoms with Crippen LogP contribution in [0.1, 0.15) is 53.8 Å². The first kappa shape index (κ1) is 19.7. The van der Waals surface area contributed by atoms with Crippen molar-refractivity contribution in [3.8, 4) is 0 Å². The smallest absolute Gasteiger partial charge is 0.270 e. The van der Waals surface area contributed by atoms with E-state index in [9.17, 15) is 4.79 Å². The molecule has 2 aliphatic rings. The Morgan fingerprint density at radius 3 is 2.41 bits per heavy atom. The fourth-order valence-electron chi connectivity index (χ4n) is 4.31. The molecule has 1 aromatic carbocycles. The summed E-state index contributed by atoms with van der Waals surface area (Å²) in [6, 6.07) is 10.7. The summed E-state index contributed by atoms with van der Waals surface area (Å²) in [5.74, 6) is 0.602. The lowest BCUT2D eigenvalue weighted by Crippen LogP contribution is -2.47. The second kappa shape index (κ2) is 8.80. The molecule has 1 aliphatic heterocycles. The number of aryl methyl sites for hydroxylation is 2. The largest absolute Gasteiger partial charge is 0.368 e. The summed E-state index contributed by atoms with van der Waals surface area (Å²) in [4.78, 5) is 26.6. The van der Waals surface area contributed by atoms with Gasteiger partial charge in [0.05, 0.1) is 0 Å². The number of hydrogen-bond donors (Lipinski definition) is 1. The molecule has 29 heavy (non-hydrogen) atoms. The molecule has 6 heteroatoms. The number of hydrogen-bond acceptors (Lipinski definition) is 5. The molecule has 154 valence electrons. The Bertz CT molecular complexity index is 854. The van der Waals surface area contributed by atoms with Gasteiger partial charge in [-0.05, 0) is 50.5 Å². The summed E-state index contributed by atoms with van der Waals surface area (Å²) in [7, 11) is 0. The number of amides is 1. The highest BCUT2D eigenvalue weighted by molar-refractivity contribution is 5.92. The molecule has 0 unspecified atom stereocenters. The summed E-state index contributed by atoms with van der Waals surface area (Å²) in [6.45, 7) is 7.60. The predicted molar refractivity (Wildman–Crippen MR) is 117 cm³/mol. The van der Waals surface area contributed by atoms with E-state index in [1.54, 1.807) is 6.07 Å². The first-order valence-electron chi connectivity index (χ1n) is 10.8. The minimum Gasteiger partial charge on any atom is -0.368 e. The van der Waals surface area contributed by atoms with E-state index in [2.05, 4.69) is 56.3 Å². The van der Waals surface area contributed by atoms with E-state index in [4.69, 9.17) is 0 Å². The molecule has 1 aromatic heterocycles. The van der Waals surface area contributed by atoms with Gasteiger partial charge in [0, 0.05) is 43.6 Å². The molecular weight excluding hydrogens is 362 g/mol. The van der Waals surface area contributed by atoms with Gasteiger partial charge < -0.3 is 15.1 Å². The maximum atomic E-state index is 12.7. The Hall–Kier alpha value is -2.63. The Morgan fingerprint density at radius 1 is 0.966 bits per heavy atom. The first-order chi connectivity index (χ1) is 14.1. The predicted octanol–water partition coefficient (Wildman–Crippen LogP) is 3.48. The number of nitrogens with zero attached hydrogens (tertiary/aromatic N) is 4. The monoisotopic (exact) mass is 393 g/mol. The zero-order valence-corrected chi connectivity index (χ0v) is 17.5. The molecule has 2 aromatic rings. The SMILES string of the molecule is Cc1cccc(N2CCN(c3nc(C)cc(C(=O)NC4CCCCC4)n3)CC2)c1. The summed E-state index contributed by atoms with van der Waals surface area (Å²) in [6.07, 6.45) is 5.82. The summed E-state index contributed by atoms with van der Waals surface area (Å²) in [5, 5.41) is 3.17. The average molecular weight is 394 g/mol. The lowest BCUT2D eigenvalue weighted by atomic mass is 9.95. The van der Waals surface area contributed by atoms with Crippen LogP contribution in [-0.2, 0) is 0 Å². The number of carbonyl (C=O) groups is 1. The van der Waals surface area contributed by atoms with E-state index in [0.29, 0.717) is 11.6 Å². The molecule has 2 fully saturated rings. The third kappa shape index (κ3) is 4.86. The zero-order valence-electron chi connectivity index (χ0n) is 17.5. The Morgan fingerprint density at radius 2 is 1.69 bits per heavy atom. The fraction of sp³-hybridized carbons (Fsp3) is 0.522. The minimum absolute atomic E-state index is 0.0675. The highest BCUT2D eigenvalue weighted by atomic mass is 16.1. The number of anilines is 2. The van der Waals surface area contributed by atoms with Crippen LogP contribution in [0, 0.1) is 13.8 Å². The van der Waals surface area contributed by atoms with Gasteiger partial charge >= 0.3 is 0 Å². The molecule has 0 spiro atoms. The van der Waals surface area contributed by atoms with Gasteiger partial charge in [-0.1, -0.05) is 31.4 Å². The normalized spacial score (nSPS) is 18.0. The summed E-state index contributed by atoms with van der Waals surface area (Å²) >= 11 is 0. The Balaban J connectivity index is 1.42. The van der Waals surface area contributed by atoms with Crippen molar-refractivity contribution in [2.24, 2.45) is 0 Å². The fourth-order valence-corrected chi connectivity index (χ4v) is 4.31. The second-order valence-electron chi connectivity index (χ2n) is 8.32. The number of piperazine rings is 1. The molecule has 1 saturated heterocycles. The van der Waals surface area contributed by atoms with Crippen molar-refractivity contribution >= 4 is 17.5 Å². The van der Waals surface area contributed by atoms with Crippen molar-refractivity contribution in [3.63, 3.8) is 0 Å². The standard InChI is InChI=1S/C23H31N5O/c1-17-7-6-10-20(15-17)27-11-13-28(14-12-27)23-24-18(2)16-21(26-23)22(29)25-19-8-4-3-5-9-19/h6-7,10,15-16,19H,3-5,8-9,11-14H2,1-2H3,(H,25,29). The molecule has 6 nitrogen and oxygen atoms in total. The second-order valence-corrected chi connectivity index (χ2v) is 8.32. The van der Waals surface area contributed by atoms with Gasteiger partial charge in [0.15, 0.2) is 0 Å². The van der Waals surface area contributed by atoms with Crippen LogP contribution < -0.4 is 15.1 Å². The zero-order chi connectivity index (χ0) is 20.2. The van der Waals surface area contributed by atoms with Crippen LogP contribution in [0.2, 0.25) is 0 Å². The van der Waals surface area contributed by atoms with Gasteiger partial charge in [0.25, 0.3) is 5.91 Å². The van der Waals surface area contributed by atoms with Crippen molar-refractivity contribution < 1.29 is 4.79 Å². The van der Waals surface area contributed by atoms with Gasteiger partial charge in [-0.3, -0.25) is 4.79 Å². The molecule has 0 bridgehead atoms. The van der Waals surface area contributed by atoms with Gasteiger partial charge in [-0.2, -0.15) is 0 Å². The molecule has 1 amide bonds. The van der Waals surface area contributed by atoms with Crippen LogP contribution in [0.5, 0.6) is 0 Å². The molecule has 0 radical (unpaired) electrons. The van der Waals surface area contributed by atoms with Crippen molar-refractivity contribution in [2.75, 3.05) is 36.0 Å². The van der Waals surface area contributed by atoms with Crippen molar-refractivity contribution in [1.29, 1.82) is 0 Å². The maximum Gasteiger partial charge on any atom is 0.270 e. The summed E-state index contributed by atoms with van der Waals surface area (Å²) < 4.78 is 0. The van der Waals surface area contributed by atoms with Crippen LogP contribution in [0.25, 0.3) is 0 Å². The number of nitrogens with one attached hydrogen (secondary N) is 1. The van der Waals surface area contributed by atoms with Crippen molar-refractivity contribution in [2.45, 2.75) is 52.0 Å². The third-order valence-corrected chi connectivity index (χ3v) is 5.94. The maximum absolute atomic E-state index is 12.7. The van der Waals surface area contributed by atoms with Gasteiger partial charge in [-0.15, -0.1) is 0 Å². The quantitative estimate of drug-likeness (QED) is 0.862. The Kier molecular flexibility index (Phi) is 5.97. The van der Waals surface area contributed by atoms with Gasteiger partial charge in [0.1, 0.15) is 5.69 Å². The van der Waals surface area contributed by atoms with Crippen molar-refractivity contribution in [3.05, 3.63) is 47.3 Å². The lowest BCUT2D eigenvalue weighted by Gasteiger charge is -2.36. The van der Waals surface area contributed by atoms with Crippen LogP contribution in [0.4, 0.5) is 11.6 Å². The van der Waals surface area contributed by atoms with Gasteiger partial charge in [-0.25, -0.2) is 9.97 Å². The van der Waals surface area contributed by atoms with E-state index >= 15 is 0 Å². The molecule has 1 aliphatic carbocycles. The first-order valence-corrected chi connectivity index (χ1v) is 10.8. The molecule has 1 saturated carbocycles. The van der Waals surface area contributed by atoms with E-state index in [1.807, 2.05) is 6.92 Å². The van der Waals surface area contributed by atoms with Crippen LogP contribution in [-0.4, -0.2) is 48.1 Å². The van der Waals surface area contributed by atoms with Crippen LogP contribution in [0.15, 0.2) is 30.3 Å². The average Bonchev–Trinajstić information content (AvgIpc) is 2.74. The molecule has 4 rings (SSSR count). The highest BCUT2D eigenvalue weighted by Gasteiger charge is 2.22. The Labute approximate surface area is 173 Å². The van der Waals surface area contributed by atoms with E-state index in [0.717, 1.165) is 44.7 Å². The molecule has 2 heterocycles. The number of aromatic nitrogens is 2. The number of rotatable bonds is 4. The molecular formula is C23H31N5O. The summed E-state index contributed by atoms with van der Waals surface area (Å²) in [5.41, 5.74) is 3.87. The third-order valence-electron chi connectivity index (χ3n) is 5.94. The van der Waals surface area contributed by atoms with E-state index in [-0.39, 0.29) is 11.9 Å². The van der Waals surface area contributed by atoms with Gasteiger partial charge in [0.2, 0.25) is 5.95 Å². The van der Waals surface area contributed by atoms with Crippen LogP contribution in [0.3, 0.4) is 0 Å². The minimum atomic E-state index is -0.0675. The van der Waals surface area contributed by atoms with Crippen LogP contribution >= 0.6 is 0 Å².